The number of nitrogens with one attached hydrogen (secondary N) is 1. The number of hydrogen-bond donors (Lipinski definition) is 1. The summed E-state index contributed by atoms with van der Waals surface area (Å²) < 4.78 is 2.18. The van der Waals surface area contributed by atoms with Gasteiger partial charge in [-0.3, -0.25) is 4.79 Å². The van der Waals surface area contributed by atoms with E-state index in [1.54, 1.807) is 0 Å². The third-order valence-corrected chi connectivity index (χ3v) is 5.02. The van der Waals surface area contributed by atoms with Gasteiger partial charge in [0.05, 0.1) is 16.3 Å². The number of carbonyl (C=O) groups excluding carboxylic acids is 1. The zero-order valence-electron chi connectivity index (χ0n) is 12.8. The van der Waals surface area contributed by atoms with Gasteiger partial charge in [-0.25, -0.2) is 4.98 Å². The van der Waals surface area contributed by atoms with Gasteiger partial charge in [0.1, 0.15) is 0 Å². The van der Waals surface area contributed by atoms with Crippen LogP contribution in [0.25, 0.3) is 11.0 Å². The van der Waals surface area contributed by atoms with Gasteiger partial charge in [0.15, 0.2) is 5.16 Å². The van der Waals surface area contributed by atoms with Crippen molar-refractivity contribution in [3.63, 3.8) is 0 Å². The van der Waals surface area contributed by atoms with E-state index in [4.69, 9.17) is 11.6 Å². The van der Waals surface area contributed by atoms with Gasteiger partial charge in [-0.1, -0.05) is 30.3 Å². The molecule has 1 heterocycles. The van der Waals surface area contributed by atoms with Crippen LogP contribution >= 0.6 is 23.4 Å². The van der Waals surface area contributed by atoms with Gasteiger partial charge < -0.3 is 9.88 Å². The fourth-order valence-electron chi connectivity index (χ4n) is 2.37. The first-order valence-corrected chi connectivity index (χ1v) is 8.97. The number of amides is 1. The van der Waals surface area contributed by atoms with Crippen molar-refractivity contribution in [1.29, 1.82) is 0 Å². The van der Waals surface area contributed by atoms with Crippen molar-refractivity contribution in [3.05, 3.63) is 23.2 Å². The Morgan fingerprint density at radius 2 is 2.32 bits per heavy atom. The molecule has 118 valence electrons. The molecule has 1 atom stereocenters. The van der Waals surface area contributed by atoms with Crippen LogP contribution in [0.1, 0.15) is 33.1 Å². The Morgan fingerprint density at radius 3 is 3.00 bits per heavy atom. The second-order valence-corrected chi connectivity index (χ2v) is 7.47. The molecule has 1 N–H and O–H groups in total. The topological polar surface area (TPSA) is 46.9 Å². The number of fused-ring (bicyclic) bond motifs is 1. The van der Waals surface area contributed by atoms with E-state index < -0.39 is 0 Å². The molecule has 1 aromatic heterocycles. The minimum absolute atomic E-state index is 0.0978. The quantitative estimate of drug-likeness (QED) is 0.814. The van der Waals surface area contributed by atoms with Crippen LogP contribution in [-0.2, 0) is 11.3 Å². The summed E-state index contributed by atoms with van der Waals surface area (Å²) in [4.78, 5) is 16.8. The average molecular weight is 338 g/mol. The summed E-state index contributed by atoms with van der Waals surface area (Å²) in [5.41, 5.74) is 1.96. The lowest BCUT2D eigenvalue weighted by molar-refractivity contribution is -0.120. The summed E-state index contributed by atoms with van der Waals surface area (Å²) in [6.07, 6.45) is 3.23. The van der Waals surface area contributed by atoms with E-state index in [0.29, 0.717) is 11.1 Å². The van der Waals surface area contributed by atoms with Gasteiger partial charge in [-0.2, -0.15) is 0 Å². The Balaban J connectivity index is 1.84. The molecule has 0 radical (unpaired) electrons. The highest BCUT2D eigenvalue weighted by Crippen LogP contribution is 2.29. The van der Waals surface area contributed by atoms with Crippen LogP contribution in [-0.4, -0.2) is 26.8 Å². The molecule has 1 amide bonds. The van der Waals surface area contributed by atoms with Crippen LogP contribution in [0.15, 0.2) is 23.4 Å². The smallest absolute Gasteiger partial charge is 0.233 e. The number of halogens is 1. The zero-order chi connectivity index (χ0) is 15.7. The Bertz CT molecular complexity index is 696. The molecule has 1 saturated carbocycles. The number of imidazole rings is 1. The van der Waals surface area contributed by atoms with Crippen molar-refractivity contribution < 1.29 is 4.79 Å². The van der Waals surface area contributed by atoms with Crippen molar-refractivity contribution in [2.45, 2.75) is 56.1 Å². The predicted molar refractivity (Wildman–Crippen MR) is 91.5 cm³/mol. The van der Waals surface area contributed by atoms with E-state index in [-0.39, 0.29) is 11.2 Å². The molecule has 4 nitrogen and oxygen atoms in total. The lowest BCUT2D eigenvalue weighted by Gasteiger charge is -2.12. The molecule has 1 aliphatic rings. The molecule has 0 saturated heterocycles. The van der Waals surface area contributed by atoms with Crippen LogP contribution < -0.4 is 5.32 Å². The maximum Gasteiger partial charge on any atom is 0.233 e. The highest BCUT2D eigenvalue weighted by Gasteiger charge is 2.27. The highest BCUT2D eigenvalue weighted by atomic mass is 35.5. The fraction of sp³-hybridized carbons (Fsp3) is 0.500. The first kappa shape index (κ1) is 15.7. The molecule has 6 heteroatoms. The minimum Gasteiger partial charge on any atom is -0.352 e. The van der Waals surface area contributed by atoms with Crippen LogP contribution in [0.3, 0.4) is 0 Å². The molecule has 1 fully saturated rings. The monoisotopic (exact) mass is 337 g/mol. The molecule has 22 heavy (non-hydrogen) atoms. The molecule has 1 aromatic carbocycles. The Kier molecular flexibility index (Phi) is 4.64. The molecular formula is C16H20ClN3OS. The number of aryl methyl sites for hydroxylation is 1. The molecule has 1 aliphatic carbocycles. The number of nitrogens with zero attached hydrogens (tertiary/aromatic N) is 2. The average Bonchev–Trinajstić information content (AvgIpc) is 3.23. The van der Waals surface area contributed by atoms with Crippen LogP contribution in [0.5, 0.6) is 0 Å². The number of thioether (sulfide) groups is 1. The highest BCUT2D eigenvalue weighted by molar-refractivity contribution is 8.00. The number of rotatable bonds is 6. The largest absolute Gasteiger partial charge is 0.352 e. The summed E-state index contributed by atoms with van der Waals surface area (Å²) in [7, 11) is 0. The lowest BCUT2D eigenvalue weighted by Crippen LogP contribution is -2.32. The summed E-state index contributed by atoms with van der Waals surface area (Å²) in [6, 6.07) is 6.15. The fourth-order valence-corrected chi connectivity index (χ4v) is 3.49. The van der Waals surface area contributed by atoms with E-state index >= 15 is 0 Å². The SMILES string of the molecule is CCCn1c(S[C@@H](C)C(=O)NC2CC2)nc2cc(Cl)ccc21. The Labute approximate surface area is 139 Å². The first-order chi connectivity index (χ1) is 10.6. The van der Waals surface area contributed by atoms with Crippen LogP contribution in [0.2, 0.25) is 5.02 Å². The summed E-state index contributed by atoms with van der Waals surface area (Å²) >= 11 is 7.57. The normalized spacial score (nSPS) is 16.0. The van der Waals surface area contributed by atoms with Gasteiger partial charge in [0.2, 0.25) is 5.91 Å². The predicted octanol–water partition coefficient (Wildman–Crippen LogP) is 3.86. The van der Waals surface area contributed by atoms with E-state index in [1.165, 1.54) is 11.8 Å². The summed E-state index contributed by atoms with van der Waals surface area (Å²) in [5, 5.41) is 4.47. The summed E-state index contributed by atoms with van der Waals surface area (Å²) in [5.74, 6) is 0.0978. The molecule has 0 bridgehead atoms. The first-order valence-electron chi connectivity index (χ1n) is 7.71. The molecule has 0 unspecified atom stereocenters. The van der Waals surface area contributed by atoms with Crippen molar-refractivity contribution in [1.82, 2.24) is 14.9 Å². The molecular weight excluding hydrogens is 318 g/mol. The van der Waals surface area contributed by atoms with Gasteiger partial charge in [0, 0.05) is 17.6 Å². The molecule has 2 aromatic rings. The number of aromatic nitrogens is 2. The Morgan fingerprint density at radius 1 is 1.55 bits per heavy atom. The van der Waals surface area contributed by atoms with Crippen LogP contribution in [0.4, 0.5) is 0 Å². The second-order valence-electron chi connectivity index (χ2n) is 5.72. The van der Waals surface area contributed by atoms with E-state index in [0.717, 1.165) is 42.0 Å². The standard InChI is InChI=1S/C16H20ClN3OS/c1-3-8-20-14-7-4-11(17)9-13(14)19-16(20)22-10(2)15(21)18-12-5-6-12/h4,7,9-10,12H,3,5-6,8H2,1-2H3,(H,18,21)/t10-/m0/s1. The maximum atomic E-state index is 12.1. The van der Waals surface area contributed by atoms with Crippen molar-refractivity contribution in [3.8, 4) is 0 Å². The van der Waals surface area contributed by atoms with Crippen molar-refractivity contribution in [2.24, 2.45) is 0 Å². The minimum atomic E-state index is -0.150. The third kappa shape index (κ3) is 3.41. The number of benzene rings is 1. The van der Waals surface area contributed by atoms with Crippen LogP contribution in [0, 0.1) is 0 Å². The van der Waals surface area contributed by atoms with E-state index in [2.05, 4.69) is 21.8 Å². The van der Waals surface area contributed by atoms with Gasteiger partial charge in [0.25, 0.3) is 0 Å². The van der Waals surface area contributed by atoms with E-state index in [9.17, 15) is 4.79 Å². The van der Waals surface area contributed by atoms with Crippen molar-refractivity contribution >= 4 is 40.3 Å². The molecule has 3 rings (SSSR count). The van der Waals surface area contributed by atoms with Gasteiger partial charge in [-0.05, 0) is 44.4 Å². The van der Waals surface area contributed by atoms with Gasteiger partial charge >= 0.3 is 0 Å². The van der Waals surface area contributed by atoms with Gasteiger partial charge in [-0.15, -0.1) is 0 Å². The summed E-state index contributed by atoms with van der Waals surface area (Å²) in [6.45, 7) is 4.96. The zero-order valence-corrected chi connectivity index (χ0v) is 14.4. The van der Waals surface area contributed by atoms with E-state index in [1.807, 2.05) is 25.1 Å². The lowest BCUT2D eigenvalue weighted by atomic mass is 10.3. The molecule has 0 spiro atoms. The number of carbonyl (C=O) groups is 1. The second kappa shape index (κ2) is 6.50. The Hall–Kier alpha value is -1.20. The number of hydrogen-bond acceptors (Lipinski definition) is 3. The van der Waals surface area contributed by atoms with Crippen molar-refractivity contribution in [2.75, 3.05) is 0 Å². The molecule has 0 aliphatic heterocycles. The maximum absolute atomic E-state index is 12.1. The third-order valence-electron chi connectivity index (χ3n) is 3.70.